The molecule has 0 spiro atoms. The van der Waals surface area contributed by atoms with Crippen LogP contribution in [0.4, 0.5) is 13.2 Å². The number of hydrogen-bond donors (Lipinski definition) is 0. The Hall–Kier alpha value is -1.88. The summed E-state index contributed by atoms with van der Waals surface area (Å²) in [6, 6.07) is 4.30. The molecule has 2 aromatic rings. The van der Waals surface area contributed by atoms with E-state index in [1.165, 1.54) is 26.2 Å². The number of pyridine rings is 1. The molecule has 1 heterocycles. The SMILES string of the molecule is CCN(C(c1ccc(Cl)cc1)C(F)(F)F)S(=O)(=O)c1ccc(=O)n(COC)c1. The topological polar surface area (TPSA) is 68.6 Å². The van der Waals surface area contributed by atoms with Gasteiger partial charge in [-0.3, -0.25) is 9.36 Å². The van der Waals surface area contributed by atoms with Gasteiger partial charge in [0, 0.05) is 30.9 Å². The molecule has 0 fully saturated rings. The maximum Gasteiger partial charge on any atom is 0.409 e. The summed E-state index contributed by atoms with van der Waals surface area (Å²) < 4.78 is 73.6. The molecule has 0 saturated carbocycles. The molecule has 1 unspecified atom stereocenters. The van der Waals surface area contributed by atoms with Crippen LogP contribution < -0.4 is 5.56 Å². The standard InChI is InChI=1S/C17H18ClF3N2O4S/c1-3-23(16(17(19,20)21)12-4-6-13(18)7-5-12)28(25,26)14-8-9-15(24)22(10-14)11-27-2/h4-10,16H,3,11H2,1-2H3. The van der Waals surface area contributed by atoms with Crippen molar-refractivity contribution in [3.05, 3.63) is 63.5 Å². The molecule has 1 aromatic heterocycles. The Bertz CT molecular complexity index is 975. The fourth-order valence-electron chi connectivity index (χ4n) is 2.69. The fraction of sp³-hybridized carbons (Fsp3) is 0.353. The summed E-state index contributed by atoms with van der Waals surface area (Å²) in [4.78, 5) is 11.3. The molecule has 0 aliphatic rings. The van der Waals surface area contributed by atoms with Gasteiger partial charge in [-0.1, -0.05) is 30.7 Å². The number of aromatic nitrogens is 1. The summed E-state index contributed by atoms with van der Waals surface area (Å²) >= 11 is 5.73. The maximum absolute atomic E-state index is 13.8. The van der Waals surface area contributed by atoms with Crippen LogP contribution in [0.5, 0.6) is 0 Å². The Morgan fingerprint density at radius 3 is 2.29 bits per heavy atom. The number of sulfonamides is 1. The number of methoxy groups -OCH3 is 1. The van der Waals surface area contributed by atoms with Gasteiger partial charge in [0.25, 0.3) is 5.56 Å². The molecule has 154 valence electrons. The van der Waals surface area contributed by atoms with E-state index in [0.717, 1.165) is 35.0 Å². The zero-order valence-corrected chi connectivity index (χ0v) is 16.6. The van der Waals surface area contributed by atoms with Gasteiger partial charge in [0.15, 0.2) is 0 Å². The van der Waals surface area contributed by atoms with Gasteiger partial charge in [-0.25, -0.2) is 8.42 Å². The average molecular weight is 439 g/mol. The van der Waals surface area contributed by atoms with Crippen molar-refractivity contribution in [3.63, 3.8) is 0 Å². The van der Waals surface area contributed by atoms with Gasteiger partial charge in [0.1, 0.15) is 12.8 Å². The minimum atomic E-state index is -4.88. The van der Waals surface area contributed by atoms with Crippen molar-refractivity contribution < 1.29 is 26.3 Å². The minimum Gasteiger partial charge on any atom is -0.364 e. The van der Waals surface area contributed by atoms with Gasteiger partial charge >= 0.3 is 6.18 Å². The van der Waals surface area contributed by atoms with Crippen LogP contribution in [0, 0.1) is 0 Å². The van der Waals surface area contributed by atoms with Crippen molar-refractivity contribution in [3.8, 4) is 0 Å². The predicted octanol–water partition coefficient (Wildman–Crippen LogP) is 3.42. The molecule has 1 atom stereocenters. The first-order valence-corrected chi connectivity index (χ1v) is 9.87. The van der Waals surface area contributed by atoms with Crippen LogP contribution in [0.25, 0.3) is 0 Å². The molecule has 0 bridgehead atoms. The van der Waals surface area contributed by atoms with Gasteiger partial charge in [0.05, 0.1) is 4.90 Å². The lowest BCUT2D eigenvalue weighted by molar-refractivity contribution is -0.173. The van der Waals surface area contributed by atoms with E-state index in [2.05, 4.69) is 0 Å². The Labute approximate surface area is 165 Å². The second-order valence-corrected chi connectivity index (χ2v) is 8.12. The van der Waals surface area contributed by atoms with Crippen LogP contribution in [0.2, 0.25) is 5.02 Å². The maximum atomic E-state index is 13.8. The summed E-state index contributed by atoms with van der Waals surface area (Å²) in [6.07, 6.45) is -3.92. The van der Waals surface area contributed by atoms with Gasteiger partial charge in [-0.2, -0.15) is 17.5 Å². The summed E-state index contributed by atoms with van der Waals surface area (Å²) in [5.74, 6) is 0. The van der Waals surface area contributed by atoms with E-state index in [0.29, 0.717) is 4.31 Å². The molecule has 6 nitrogen and oxygen atoms in total. The van der Waals surface area contributed by atoms with Crippen molar-refractivity contribution in [2.45, 2.75) is 30.8 Å². The average Bonchev–Trinajstić information content (AvgIpc) is 2.61. The first-order chi connectivity index (χ1) is 13.0. The number of rotatable bonds is 7. The number of ether oxygens (including phenoxy) is 1. The molecule has 1 aromatic carbocycles. The van der Waals surface area contributed by atoms with E-state index >= 15 is 0 Å². The van der Waals surface area contributed by atoms with E-state index in [1.807, 2.05) is 0 Å². The lowest BCUT2D eigenvalue weighted by Crippen LogP contribution is -2.42. The summed E-state index contributed by atoms with van der Waals surface area (Å²) in [6.45, 7) is 0.615. The summed E-state index contributed by atoms with van der Waals surface area (Å²) in [7, 11) is -3.29. The highest BCUT2D eigenvalue weighted by atomic mass is 35.5. The number of hydrogen-bond acceptors (Lipinski definition) is 4. The van der Waals surface area contributed by atoms with E-state index in [4.69, 9.17) is 16.3 Å². The quantitative estimate of drug-likeness (QED) is 0.664. The van der Waals surface area contributed by atoms with Gasteiger partial charge < -0.3 is 4.74 Å². The van der Waals surface area contributed by atoms with Crippen LogP contribution in [-0.4, -0.2) is 37.1 Å². The van der Waals surface area contributed by atoms with Crippen molar-refractivity contribution >= 4 is 21.6 Å². The van der Waals surface area contributed by atoms with Crippen molar-refractivity contribution in [1.82, 2.24) is 8.87 Å². The smallest absolute Gasteiger partial charge is 0.364 e. The van der Waals surface area contributed by atoms with Crippen LogP contribution in [0.15, 0.2) is 52.3 Å². The predicted molar refractivity (Wildman–Crippen MR) is 97.5 cm³/mol. The largest absolute Gasteiger partial charge is 0.409 e. The minimum absolute atomic E-state index is 0.224. The van der Waals surface area contributed by atoms with Crippen molar-refractivity contribution in [2.75, 3.05) is 13.7 Å². The van der Waals surface area contributed by atoms with E-state index in [-0.39, 0.29) is 17.3 Å². The lowest BCUT2D eigenvalue weighted by Gasteiger charge is -2.32. The Morgan fingerprint density at radius 2 is 1.79 bits per heavy atom. The molecular weight excluding hydrogens is 421 g/mol. The second kappa shape index (κ2) is 8.64. The number of alkyl halides is 3. The summed E-state index contributed by atoms with van der Waals surface area (Å²) in [5.41, 5.74) is -0.818. The zero-order chi connectivity index (χ0) is 21.1. The van der Waals surface area contributed by atoms with Crippen molar-refractivity contribution in [1.29, 1.82) is 0 Å². The number of benzene rings is 1. The van der Waals surface area contributed by atoms with Gasteiger partial charge in [-0.15, -0.1) is 0 Å². The van der Waals surface area contributed by atoms with Crippen LogP contribution >= 0.6 is 11.6 Å². The van der Waals surface area contributed by atoms with Crippen LogP contribution in [-0.2, 0) is 21.5 Å². The summed E-state index contributed by atoms with van der Waals surface area (Å²) in [5, 5.41) is 0.224. The second-order valence-electron chi connectivity index (χ2n) is 5.79. The zero-order valence-electron chi connectivity index (χ0n) is 15.0. The Kier molecular flexibility index (Phi) is 6.92. The normalized spacial score (nSPS) is 13.7. The first-order valence-electron chi connectivity index (χ1n) is 8.05. The third-order valence-electron chi connectivity index (χ3n) is 3.93. The number of halogens is 4. The molecule has 0 aliphatic heterocycles. The fourth-order valence-corrected chi connectivity index (χ4v) is 4.45. The molecule has 0 aliphatic carbocycles. The van der Waals surface area contributed by atoms with E-state index < -0.39 is 39.2 Å². The number of nitrogens with zero attached hydrogens (tertiary/aromatic N) is 2. The molecular formula is C17H18ClF3N2O4S. The molecule has 11 heteroatoms. The molecule has 0 saturated heterocycles. The highest BCUT2D eigenvalue weighted by Gasteiger charge is 2.48. The monoisotopic (exact) mass is 438 g/mol. The third-order valence-corrected chi connectivity index (χ3v) is 6.10. The van der Waals surface area contributed by atoms with E-state index in [1.54, 1.807) is 0 Å². The highest BCUT2D eigenvalue weighted by molar-refractivity contribution is 7.89. The highest BCUT2D eigenvalue weighted by Crippen LogP contribution is 2.40. The van der Waals surface area contributed by atoms with Crippen LogP contribution in [0.3, 0.4) is 0 Å². The van der Waals surface area contributed by atoms with Crippen molar-refractivity contribution in [2.24, 2.45) is 0 Å². The van der Waals surface area contributed by atoms with Gasteiger partial charge in [-0.05, 0) is 23.8 Å². The van der Waals surface area contributed by atoms with Crippen LogP contribution in [0.1, 0.15) is 18.5 Å². The molecule has 0 N–H and O–H groups in total. The van der Waals surface area contributed by atoms with E-state index in [9.17, 15) is 26.4 Å². The third kappa shape index (κ3) is 4.75. The first kappa shape index (κ1) is 22.4. The molecule has 2 rings (SSSR count). The Balaban J connectivity index is 2.60. The molecule has 0 radical (unpaired) electrons. The molecule has 0 amide bonds. The molecule has 28 heavy (non-hydrogen) atoms. The Morgan fingerprint density at radius 1 is 1.18 bits per heavy atom. The van der Waals surface area contributed by atoms with Gasteiger partial charge in [0.2, 0.25) is 10.0 Å². The lowest BCUT2D eigenvalue weighted by atomic mass is 10.1.